The standard InChI is InChI=1S/C18H29N3/c1-3-19-14(2)16-10-11-20-18(13-16)21-12-6-8-15-7-4-5-9-17(15)21/h10-11,13-15,17,19H,3-9,12H2,1-2H3/t14?,15-,17-/m1/s1. The first kappa shape index (κ1) is 14.8. The molecule has 2 heterocycles. The Labute approximate surface area is 129 Å². The summed E-state index contributed by atoms with van der Waals surface area (Å²) in [6.45, 7) is 6.60. The van der Waals surface area contributed by atoms with E-state index in [1.165, 1.54) is 56.5 Å². The number of aromatic nitrogens is 1. The molecule has 116 valence electrons. The highest BCUT2D eigenvalue weighted by Gasteiger charge is 2.33. The van der Waals surface area contributed by atoms with Crippen molar-refractivity contribution in [2.24, 2.45) is 5.92 Å². The predicted octanol–water partition coefficient (Wildman–Crippen LogP) is 3.91. The number of piperidine rings is 1. The number of pyridine rings is 1. The third-order valence-corrected chi connectivity index (χ3v) is 5.32. The van der Waals surface area contributed by atoms with E-state index in [-0.39, 0.29) is 0 Å². The summed E-state index contributed by atoms with van der Waals surface area (Å²) in [5.74, 6) is 2.11. The van der Waals surface area contributed by atoms with E-state index in [1.54, 1.807) is 0 Å². The molecule has 0 amide bonds. The third kappa shape index (κ3) is 3.23. The topological polar surface area (TPSA) is 28.2 Å². The Morgan fingerprint density at radius 2 is 2.10 bits per heavy atom. The molecule has 0 bridgehead atoms. The highest BCUT2D eigenvalue weighted by Crippen LogP contribution is 2.37. The van der Waals surface area contributed by atoms with Crippen LogP contribution in [0.3, 0.4) is 0 Å². The van der Waals surface area contributed by atoms with E-state index in [9.17, 15) is 0 Å². The number of rotatable bonds is 4. The van der Waals surface area contributed by atoms with Crippen LogP contribution in [0.4, 0.5) is 5.82 Å². The lowest BCUT2D eigenvalue weighted by atomic mass is 9.78. The molecule has 0 spiro atoms. The second-order valence-corrected chi connectivity index (χ2v) is 6.67. The van der Waals surface area contributed by atoms with Crippen molar-refractivity contribution < 1.29 is 0 Å². The maximum atomic E-state index is 4.69. The highest BCUT2D eigenvalue weighted by atomic mass is 15.2. The van der Waals surface area contributed by atoms with Gasteiger partial charge in [0.05, 0.1) is 0 Å². The van der Waals surface area contributed by atoms with Crippen LogP contribution in [-0.2, 0) is 0 Å². The monoisotopic (exact) mass is 287 g/mol. The van der Waals surface area contributed by atoms with Crippen LogP contribution in [0.2, 0.25) is 0 Å². The highest BCUT2D eigenvalue weighted by molar-refractivity contribution is 5.44. The van der Waals surface area contributed by atoms with Crippen LogP contribution in [0.25, 0.3) is 0 Å². The van der Waals surface area contributed by atoms with Crippen LogP contribution in [0.5, 0.6) is 0 Å². The maximum absolute atomic E-state index is 4.69. The summed E-state index contributed by atoms with van der Waals surface area (Å²) < 4.78 is 0. The molecule has 3 rings (SSSR count). The first-order valence-corrected chi connectivity index (χ1v) is 8.75. The van der Waals surface area contributed by atoms with Gasteiger partial charge < -0.3 is 10.2 Å². The molecule has 2 fully saturated rings. The van der Waals surface area contributed by atoms with Gasteiger partial charge in [-0.15, -0.1) is 0 Å². The van der Waals surface area contributed by atoms with E-state index in [1.807, 2.05) is 6.20 Å². The smallest absolute Gasteiger partial charge is 0.129 e. The van der Waals surface area contributed by atoms with E-state index in [4.69, 9.17) is 4.98 Å². The minimum atomic E-state index is 0.406. The molecule has 0 radical (unpaired) electrons. The van der Waals surface area contributed by atoms with E-state index in [0.717, 1.165) is 18.5 Å². The van der Waals surface area contributed by atoms with Gasteiger partial charge in [-0.25, -0.2) is 4.98 Å². The van der Waals surface area contributed by atoms with Gasteiger partial charge in [0.2, 0.25) is 0 Å². The Hall–Kier alpha value is -1.09. The molecule has 1 saturated heterocycles. The van der Waals surface area contributed by atoms with Crippen LogP contribution in [-0.4, -0.2) is 24.1 Å². The molecule has 2 aliphatic rings. The molecule has 1 saturated carbocycles. The van der Waals surface area contributed by atoms with Crippen molar-refractivity contribution >= 4 is 5.82 Å². The molecule has 21 heavy (non-hydrogen) atoms. The molecular weight excluding hydrogens is 258 g/mol. The van der Waals surface area contributed by atoms with Crippen molar-refractivity contribution in [2.75, 3.05) is 18.0 Å². The summed E-state index contributed by atoms with van der Waals surface area (Å²) in [6, 6.07) is 5.61. The minimum absolute atomic E-state index is 0.406. The largest absolute Gasteiger partial charge is 0.353 e. The fraction of sp³-hybridized carbons (Fsp3) is 0.722. The first-order chi connectivity index (χ1) is 10.3. The van der Waals surface area contributed by atoms with Gasteiger partial charge in [-0.05, 0) is 62.8 Å². The van der Waals surface area contributed by atoms with Crippen LogP contribution in [0.1, 0.15) is 64.0 Å². The van der Waals surface area contributed by atoms with Gasteiger partial charge in [-0.2, -0.15) is 0 Å². The van der Waals surface area contributed by atoms with Crippen molar-refractivity contribution in [2.45, 2.75) is 64.5 Å². The number of fused-ring (bicyclic) bond motifs is 1. The molecule has 1 unspecified atom stereocenters. The van der Waals surface area contributed by atoms with E-state index in [0.29, 0.717) is 6.04 Å². The Kier molecular flexibility index (Phi) is 4.79. The predicted molar refractivity (Wildman–Crippen MR) is 88.7 cm³/mol. The second-order valence-electron chi connectivity index (χ2n) is 6.67. The van der Waals surface area contributed by atoms with Crippen molar-refractivity contribution in [3.05, 3.63) is 23.9 Å². The van der Waals surface area contributed by atoms with E-state index in [2.05, 4.69) is 36.2 Å². The molecule has 0 aromatic carbocycles. The van der Waals surface area contributed by atoms with Gasteiger partial charge in [0.25, 0.3) is 0 Å². The summed E-state index contributed by atoms with van der Waals surface area (Å²) >= 11 is 0. The summed E-state index contributed by atoms with van der Waals surface area (Å²) in [5, 5.41) is 3.50. The Morgan fingerprint density at radius 1 is 1.29 bits per heavy atom. The molecule has 3 nitrogen and oxygen atoms in total. The fourth-order valence-corrected chi connectivity index (χ4v) is 4.19. The SMILES string of the molecule is CCNC(C)c1ccnc(N2CCC[C@H]3CCCC[C@H]32)c1. The zero-order valence-electron chi connectivity index (χ0n) is 13.5. The normalized spacial score (nSPS) is 27.2. The van der Waals surface area contributed by atoms with Crippen molar-refractivity contribution in [3.8, 4) is 0 Å². The first-order valence-electron chi connectivity index (χ1n) is 8.75. The summed E-state index contributed by atoms with van der Waals surface area (Å²) in [5.41, 5.74) is 1.36. The zero-order chi connectivity index (χ0) is 14.7. The van der Waals surface area contributed by atoms with Gasteiger partial charge in [0, 0.05) is 24.8 Å². The maximum Gasteiger partial charge on any atom is 0.129 e. The molecule has 1 aromatic heterocycles. The molecular formula is C18H29N3. The van der Waals surface area contributed by atoms with Gasteiger partial charge in [-0.1, -0.05) is 19.8 Å². The number of anilines is 1. The van der Waals surface area contributed by atoms with Crippen molar-refractivity contribution in [1.29, 1.82) is 0 Å². The van der Waals surface area contributed by atoms with Gasteiger partial charge >= 0.3 is 0 Å². The molecule has 3 heteroatoms. The summed E-state index contributed by atoms with van der Waals surface area (Å²) in [7, 11) is 0. The minimum Gasteiger partial charge on any atom is -0.353 e. The van der Waals surface area contributed by atoms with E-state index < -0.39 is 0 Å². The number of nitrogens with zero attached hydrogens (tertiary/aromatic N) is 2. The van der Waals surface area contributed by atoms with Gasteiger partial charge in [0.1, 0.15) is 5.82 Å². The van der Waals surface area contributed by atoms with E-state index >= 15 is 0 Å². The lowest BCUT2D eigenvalue weighted by molar-refractivity contribution is 0.242. The van der Waals surface area contributed by atoms with Crippen molar-refractivity contribution in [3.63, 3.8) is 0 Å². The Balaban J connectivity index is 1.80. The number of nitrogens with one attached hydrogen (secondary N) is 1. The van der Waals surface area contributed by atoms with Crippen LogP contribution in [0.15, 0.2) is 18.3 Å². The lowest BCUT2D eigenvalue weighted by Gasteiger charge is -2.45. The average molecular weight is 287 g/mol. The lowest BCUT2D eigenvalue weighted by Crippen LogP contribution is -2.47. The molecule has 3 atom stereocenters. The third-order valence-electron chi connectivity index (χ3n) is 5.32. The molecule has 1 N–H and O–H groups in total. The fourth-order valence-electron chi connectivity index (χ4n) is 4.19. The summed E-state index contributed by atoms with van der Waals surface area (Å²) in [4.78, 5) is 7.30. The van der Waals surface area contributed by atoms with Crippen LogP contribution >= 0.6 is 0 Å². The quantitative estimate of drug-likeness (QED) is 0.910. The van der Waals surface area contributed by atoms with Crippen molar-refractivity contribution in [1.82, 2.24) is 10.3 Å². The second kappa shape index (κ2) is 6.78. The van der Waals surface area contributed by atoms with Crippen LogP contribution < -0.4 is 10.2 Å². The molecule has 1 aromatic rings. The molecule has 1 aliphatic carbocycles. The Bertz CT molecular complexity index is 458. The number of hydrogen-bond donors (Lipinski definition) is 1. The van der Waals surface area contributed by atoms with Gasteiger partial charge in [0.15, 0.2) is 0 Å². The number of hydrogen-bond acceptors (Lipinski definition) is 3. The summed E-state index contributed by atoms with van der Waals surface area (Å²) in [6.07, 6.45) is 10.4. The van der Waals surface area contributed by atoms with Gasteiger partial charge in [-0.3, -0.25) is 0 Å². The average Bonchev–Trinajstić information content (AvgIpc) is 2.55. The van der Waals surface area contributed by atoms with Crippen LogP contribution in [0, 0.1) is 5.92 Å². The Morgan fingerprint density at radius 3 is 2.95 bits per heavy atom. The molecule has 1 aliphatic heterocycles. The zero-order valence-corrected chi connectivity index (χ0v) is 13.5.